The van der Waals surface area contributed by atoms with E-state index in [2.05, 4.69) is 26.1 Å². The molecule has 1 aromatic heterocycles. The van der Waals surface area contributed by atoms with Gasteiger partial charge in [-0.15, -0.1) is 0 Å². The first-order chi connectivity index (χ1) is 8.95. The normalized spacial score (nSPS) is 10.5. The fourth-order valence-electron chi connectivity index (χ4n) is 1.83. The van der Waals surface area contributed by atoms with Gasteiger partial charge in [0.05, 0.1) is 11.4 Å². The molecule has 0 spiro atoms. The Kier molecular flexibility index (Phi) is 4.04. The third-order valence-electron chi connectivity index (χ3n) is 2.69. The molecular formula is C14H12BrFN2O. The number of ketones is 1. The monoisotopic (exact) mass is 322 g/mol. The van der Waals surface area contributed by atoms with Gasteiger partial charge in [-0.25, -0.2) is 4.39 Å². The van der Waals surface area contributed by atoms with Crippen LogP contribution in [0.3, 0.4) is 0 Å². The summed E-state index contributed by atoms with van der Waals surface area (Å²) in [7, 11) is 0. The molecule has 0 radical (unpaired) electrons. The lowest BCUT2D eigenvalue weighted by Gasteiger charge is -2.05. The van der Waals surface area contributed by atoms with Crippen molar-refractivity contribution in [2.45, 2.75) is 20.3 Å². The molecule has 1 heterocycles. The molecule has 2 aromatic rings. The molecule has 19 heavy (non-hydrogen) atoms. The lowest BCUT2D eigenvalue weighted by Crippen LogP contribution is -2.09. The number of hydrogen-bond acceptors (Lipinski definition) is 3. The molecule has 2 rings (SSSR count). The topological polar surface area (TPSA) is 42.9 Å². The number of hydrogen-bond donors (Lipinski definition) is 0. The SMILES string of the molecule is Cc1cc(C(=O)Cc2cc(F)cc(Br)c2)c(C)nn1. The van der Waals surface area contributed by atoms with Gasteiger partial charge in [-0.05, 0) is 43.7 Å². The van der Waals surface area contributed by atoms with Crippen molar-refractivity contribution in [3.63, 3.8) is 0 Å². The second-order valence-electron chi connectivity index (χ2n) is 4.36. The van der Waals surface area contributed by atoms with E-state index >= 15 is 0 Å². The number of aryl methyl sites for hydroxylation is 2. The molecule has 0 N–H and O–H groups in total. The Morgan fingerprint density at radius 3 is 2.63 bits per heavy atom. The smallest absolute Gasteiger partial charge is 0.169 e. The van der Waals surface area contributed by atoms with Crippen LogP contribution in [0.4, 0.5) is 4.39 Å². The lowest BCUT2D eigenvalue weighted by molar-refractivity contribution is 0.0991. The van der Waals surface area contributed by atoms with Crippen molar-refractivity contribution in [1.29, 1.82) is 0 Å². The summed E-state index contributed by atoms with van der Waals surface area (Å²) in [4.78, 5) is 12.2. The highest BCUT2D eigenvalue weighted by Crippen LogP contribution is 2.17. The molecule has 98 valence electrons. The van der Waals surface area contributed by atoms with E-state index in [-0.39, 0.29) is 18.0 Å². The van der Waals surface area contributed by atoms with Crippen LogP contribution in [-0.2, 0) is 6.42 Å². The van der Waals surface area contributed by atoms with Crippen LogP contribution in [0.15, 0.2) is 28.7 Å². The summed E-state index contributed by atoms with van der Waals surface area (Å²) in [5.74, 6) is -0.453. The Balaban J connectivity index is 2.28. The zero-order valence-electron chi connectivity index (χ0n) is 10.6. The summed E-state index contributed by atoms with van der Waals surface area (Å²) in [6, 6.07) is 6.16. The fourth-order valence-corrected chi connectivity index (χ4v) is 2.34. The van der Waals surface area contributed by atoms with E-state index in [0.29, 0.717) is 27.0 Å². The zero-order chi connectivity index (χ0) is 14.0. The minimum Gasteiger partial charge on any atom is -0.294 e. The summed E-state index contributed by atoms with van der Waals surface area (Å²) in [5, 5.41) is 7.81. The molecule has 0 atom stereocenters. The molecule has 0 unspecified atom stereocenters. The summed E-state index contributed by atoms with van der Waals surface area (Å²) >= 11 is 3.21. The van der Waals surface area contributed by atoms with Crippen LogP contribution in [0.1, 0.15) is 27.3 Å². The summed E-state index contributed by atoms with van der Waals surface area (Å²) in [5.41, 5.74) is 2.44. The van der Waals surface area contributed by atoms with Gasteiger partial charge in [-0.3, -0.25) is 4.79 Å². The predicted molar refractivity (Wildman–Crippen MR) is 73.6 cm³/mol. The van der Waals surface area contributed by atoms with Crippen LogP contribution in [0.2, 0.25) is 0 Å². The Morgan fingerprint density at radius 1 is 1.21 bits per heavy atom. The number of carbonyl (C=O) groups is 1. The number of benzene rings is 1. The minimum absolute atomic E-state index is 0.0898. The highest BCUT2D eigenvalue weighted by molar-refractivity contribution is 9.10. The van der Waals surface area contributed by atoms with Crippen molar-refractivity contribution in [3.05, 3.63) is 57.1 Å². The van der Waals surface area contributed by atoms with Gasteiger partial charge in [0, 0.05) is 16.5 Å². The second-order valence-corrected chi connectivity index (χ2v) is 5.28. The number of aromatic nitrogens is 2. The molecule has 0 aliphatic rings. The van der Waals surface area contributed by atoms with Crippen molar-refractivity contribution >= 4 is 21.7 Å². The van der Waals surface area contributed by atoms with Crippen molar-refractivity contribution < 1.29 is 9.18 Å². The Hall–Kier alpha value is -1.62. The first-order valence-corrected chi connectivity index (χ1v) is 6.54. The lowest BCUT2D eigenvalue weighted by atomic mass is 10.0. The first kappa shape index (κ1) is 13.8. The summed E-state index contributed by atoms with van der Waals surface area (Å²) in [6.45, 7) is 3.52. The van der Waals surface area contributed by atoms with Crippen molar-refractivity contribution in [3.8, 4) is 0 Å². The van der Waals surface area contributed by atoms with Crippen molar-refractivity contribution in [2.75, 3.05) is 0 Å². The van der Waals surface area contributed by atoms with Crippen molar-refractivity contribution in [2.24, 2.45) is 0 Å². The molecule has 0 fully saturated rings. The van der Waals surface area contributed by atoms with Crippen LogP contribution in [0.25, 0.3) is 0 Å². The quantitative estimate of drug-likeness (QED) is 0.813. The molecule has 3 nitrogen and oxygen atoms in total. The number of halogens is 2. The number of rotatable bonds is 3. The third-order valence-corrected chi connectivity index (χ3v) is 3.15. The van der Waals surface area contributed by atoms with Gasteiger partial charge in [0.15, 0.2) is 5.78 Å². The number of Topliss-reactive ketones (excluding diaryl/α,β-unsaturated/α-hetero) is 1. The maximum Gasteiger partial charge on any atom is 0.169 e. The van der Waals surface area contributed by atoms with Gasteiger partial charge in [0.25, 0.3) is 0 Å². The maximum atomic E-state index is 13.3. The molecule has 5 heteroatoms. The van der Waals surface area contributed by atoms with E-state index in [9.17, 15) is 9.18 Å². The molecule has 1 aromatic carbocycles. The molecule has 0 aliphatic heterocycles. The van der Waals surface area contributed by atoms with Crippen molar-refractivity contribution in [1.82, 2.24) is 10.2 Å². The van der Waals surface area contributed by atoms with E-state index in [0.717, 1.165) is 0 Å². The highest BCUT2D eigenvalue weighted by Gasteiger charge is 2.12. The maximum absolute atomic E-state index is 13.3. The number of carbonyl (C=O) groups excluding carboxylic acids is 1. The Morgan fingerprint density at radius 2 is 1.95 bits per heavy atom. The second kappa shape index (κ2) is 5.57. The average Bonchev–Trinajstić information content (AvgIpc) is 2.30. The molecular weight excluding hydrogens is 311 g/mol. The molecule has 0 saturated heterocycles. The first-order valence-electron chi connectivity index (χ1n) is 5.75. The van der Waals surface area contributed by atoms with E-state index in [1.807, 2.05) is 0 Å². The van der Waals surface area contributed by atoms with Crippen LogP contribution >= 0.6 is 15.9 Å². The minimum atomic E-state index is -0.363. The highest BCUT2D eigenvalue weighted by atomic mass is 79.9. The van der Waals surface area contributed by atoms with Crippen LogP contribution in [0, 0.1) is 19.7 Å². The third kappa shape index (κ3) is 3.44. The standard InChI is InChI=1S/C14H12BrFN2O/c1-8-3-13(9(2)18-17-8)14(19)6-10-4-11(15)7-12(16)5-10/h3-5,7H,6H2,1-2H3. The van der Waals surface area contributed by atoms with E-state index in [1.54, 1.807) is 26.0 Å². The van der Waals surface area contributed by atoms with E-state index < -0.39 is 0 Å². The van der Waals surface area contributed by atoms with E-state index in [4.69, 9.17) is 0 Å². The van der Waals surface area contributed by atoms with Gasteiger partial charge >= 0.3 is 0 Å². The van der Waals surface area contributed by atoms with Crippen LogP contribution in [-0.4, -0.2) is 16.0 Å². The van der Waals surface area contributed by atoms with Gasteiger partial charge in [-0.2, -0.15) is 10.2 Å². The van der Waals surface area contributed by atoms with Crippen LogP contribution < -0.4 is 0 Å². The Bertz CT molecular complexity index is 623. The van der Waals surface area contributed by atoms with E-state index in [1.165, 1.54) is 12.1 Å². The zero-order valence-corrected chi connectivity index (χ0v) is 12.2. The molecule has 0 saturated carbocycles. The molecule has 0 amide bonds. The van der Waals surface area contributed by atoms with Gasteiger partial charge in [-0.1, -0.05) is 15.9 Å². The summed E-state index contributed by atoms with van der Waals surface area (Å²) in [6.07, 6.45) is 0.141. The van der Waals surface area contributed by atoms with Gasteiger partial charge < -0.3 is 0 Å². The number of nitrogens with zero attached hydrogens (tertiary/aromatic N) is 2. The van der Waals surface area contributed by atoms with Gasteiger partial charge in [0.1, 0.15) is 5.82 Å². The Labute approximate surface area is 119 Å². The fraction of sp³-hybridized carbons (Fsp3) is 0.214. The van der Waals surface area contributed by atoms with Crippen LogP contribution in [0.5, 0.6) is 0 Å². The average molecular weight is 323 g/mol. The van der Waals surface area contributed by atoms with Gasteiger partial charge in [0.2, 0.25) is 0 Å². The molecule has 0 bridgehead atoms. The molecule has 0 aliphatic carbocycles. The largest absolute Gasteiger partial charge is 0.294 e. The predicted octanol–water partition coefficient (Wildman–Crippen LogP) is 3.42. The summed E-state index contributed by atoms with van der Waals surface area (Å²) < 4.78 is 13.9.